The number of aliphatic hydroxyl groups is 1. The van der Waals surface area contributed by atoms with Gasteiger partial charge in [-0.05, 0) is 24.0 Å². The molecule has 2 aromatic heterocycles. The second-order valence-corrected chi connectivity index (χ2v) is 7.70. The molecule has 30 heavy (non-hydrogen) atoms. The minimum atomic E-state index is -0.606. The highest BCUT2D eigenvalue weighted by Crippen LogP contribution is 2.36. The predicted octanol–water partition coefficient (Wildman–Crippen LogP) is 2.14. The lowest BCUT2D eigenvalue weighted by atomic mass is 10.1. The number of carbonyl (C=O) groups excluding carboxylic acids is 1. The fourth-order valence-corrected chi connectivity index (χ4v) is 4.41. The molecule has 4 atom stereocenters. The lowest BCUT2D eigenvalue weighted by Crippen LogP contribution is -2.24. The molecule has 2 N–H and O–H groups in total. The Morgan fingerprint density at radius 3 is 3.03 bits per heavy atom. The second kappa shape index (κ2) is 7.66. The molecule has 0 spiro atoms. The third-order valence-electron chi connectivity index (χ3n) is 5.74. The molecule has 0 bridgehead atoms. The van der Waals surface area contributed by atoms with Crippen molar-refractivity contribution in [3.8, 4) is 0 Å². The van der Waals surface area contributed by atoms with Gasteiger partial charge in [-0.2, -0.15) is 0 Å². The van der Waals surface area contributed by atoms with Crippen LogP contribution in [0.15, 0.2) is 36.9 Å². The maximum absolute atomic E-state index is 11.5. The van der Waals surface area contributed by atoms with Crippen LogP contribution in [-0.4, -0.2) is 49.4 Å². The van der Waals surface area contributed by atoms with E-state index in [1.807, 2.05) is 6.07 Å². The summed E-state index contributed by atoms with van der Waals surface area (Å²) in [6, 6.07) is 8.58. The highest BCUT2D eigenvalue weighted by atomic mass is 16.6. The fraction of sp³-hybridized carbons (Fsp3) is 0.429. The van der Waals surface area contributed by atoms with E-state index >= 15 is 0 Å². The molecule has 3 aromatic rings. The Labute approximate surface area is 173 Å². The van der Waals surface area contributed by atoms with Gasteiger partial charge in [0.15, 0.2) is 23.2 Å². The number of nitrogens with one attached hydrogen (secondary N) is 1. The third kappa shape index (κ3) is 3.29. The summed E-state index contributed by atoms with van der Waals surface area (Å²) in [5.41, 5.74) is 3.84. The van der Waals surface area contributed by atoms with Crippen LogP contribution in [-0.2, 0) is 20.7 Å². The molecule has 1 fully saturated rings. The normalized spacial score (nSPS) is 25.4. The summed E-state index contributed by atoms with van der Waals surface area (Å²) in [7, 11) is 0. The van der Waals surface area contributed by atoms with Gasteiger partial charge in [-0.25, -0.2) is 15.0 Å². The second-order valence-electron chi connectivity index (χ2n) is 7.70. The number of fused-ring (bicyclic) bond motifs is 2. The van der Waals surface area contributed by atoms with E-state index in [1.165, 1.54) is 24.4 Å². The molecule has 0 amide bonds. The summed E-state index contributed by atoms with van der Waals surface area (Å²) in [5, 5.41) is 13.0. The van der Waals surface area contributed by atoms with Gasteiger partial charge in [0, 0.05) is 13.3 Å². The van der Waals surface area contributed by atoms with Crippen LogP contribution in [0.2, 0.25) is 0 Å². The first-order chi connectivity index (χ1) is 14.6. The van der Waals surface area contributed by atoms with Crippen LogP contribution in [0, 0.1) is 0 Å². The van der Waals surface area contributed by atoms with Gasteiger partial charge >= 0.3 is 5.97 Å². The first-order valence-electron chi connectivity index (χ1n) is 10.1. The average Bonchev–Trinajstić information content (AvgIpc) is 3.45. The number of aliphatic hydroxyl groups excluding tert-OH is 1. The molecule has 9 heteroatoms. The van der Waals surface area contributed by atoms with Gasteiger partial charge < -0.3 is 19.9 Å². The molecule has 1 aliphatic carbocycles. The molecule has 2 aliphatic rings. The summed E-state index contributed by atoms with van der Waals surface area (Å²) in [6.07, 6.45) is 4.00. The lowest BCUT2D eigenvalue weighted by molar-refractivity contribution is -0.152. The number of nitrogens with zero attached hydrogens (tertiary/aromatic N) is 4. The molecule has 9 nitrogen and oxygen atoms in total. The van der Waals surface area contributed by atoms with E-state index in [1.54, 1.807) is 10.9 Å². The van der Waals surface area contributed by atoms with Crippen LogP contribution in [0.4, 0.5) is 5.82 Å². The van der Waals surface area contributed by atoms with Crippen molar-refractivity contribution in [3.05, 3.63) is 48.0 Å². The summed E-state index contributed by atoms with van der Waals surface area (Å²) < 4.78 is 13.1. The summed E-state index contributed by atoms with van der Waals surface area (Å²) in [5.74, 6) is 0.259. The van der Waals surface area contributed by atoms with Crippen LogP contribution in [0.3, 0.4) is 0 Å². The Hall–Kier alpha value is -3.04. The fourth-order valence-electron chi connectivity index (χ4n) is 4.41. The monoisotopic (exact) mass is 409 g/mol. The number of esters is 1. The van der Waals surface area contributed by atoms with Crippen molar-refractivity contribution in [3.63, 3.8) is 0 Å². The molecule has 3 unspecified atom stereocenters. The Morgan fingerprint density at radius 2 is 2.20 bits per heavy atom. The molecule has 0 radical (unpaired) electrons. The van der Waals surface area contributed by atoms with Crippen molar-refractivity contribution in [1.82, 2.24) is 19.5 Å². The zero-order valence-electron chi connectivity index (χ0n) is 16.6. The highest BCUT2D eigenvalue weighted by Gasteiger charge is 2.39. The molecular weight excluding hydrogens is 386 g/mol. The van der Waals surface area contributed by atoms with Crippen molar-refractivity contribution in [2.24, 2.45) is 0 Å². The van der Waals surface area contributed by atoms with Crippen molar-refractivity contribution in [1.29, 1.82) is 0 Å². The van der Waals surface area contributed by atoms with Gasteiger partial charge in [0.1, 0.15) is 12.4 Å². The smallest absolute Gasteiger partial charge is 0.303 e. The molecule has 156 valence electrons. The molecule has 1 aromatic carbocycles. The quantitative estimate of drug-likeness (QED) is 0.617. The van der Waals surface area contributed by atoms with E-state index < -0.39 is 24.4 Å². The van der Waals surface area contributed by atoms with Crippen LogP contribution < -0.4 is 5.32 Å². The van der Waals surface area contributed by atoms with Crippen molar-refractivity contribution in [2.75, 3.05) is 11.9 Å². The Kier molecular flexibility index (Phi) is 4.84. The molecule has 3 heterocycles. The van der Waals surface area contributed by atoms with Gasteiger partial charge in [-0.3, -0.25) is 9.36 Å². The first-order valence-corrected chi connectivity index (χ1v) is 10.1. The first kappa shape index (κ1) is 19.0. The standard InChI is InChI=1S/C21H23N5O4/c1-12(28)29-17-8-14(9-27)30-21(17)26-11-24-18-19(22-10-23-20(18)26)25-16-7-6-13-4-2-3-5-15(13)16/h2-5,10-11,14,16-17,21,27H,6-9H2,1H3,(H,22,23,25)/t14?,16-,17?,21?/m0/s1. The zero-order chi connectivity index (χ0) is 20.7. The minimum Gasteiger partial charge on any atom is -0.458 e. The number of aromatic nitrogens is 4. The zero-order valence-corrected chi connectivity index (χ0v) is 16.6. The van der Waals surface area contributed by atoms with Crippen molar-refractivity contribution in [2.45, 2.75) is 50.7 Å². The molecular formula is C21H23N5O4. The number of rotatable bonds is 5. The van der Waals surface area contributed by atoms with Crippen LogP contribution in [0.1, 0.15) is 43.2 Å². The average molecular weight is 409 g/mol. The molecule has 1 aliphatic heterocycles. The van der Waals surface area contributed by atoms with Gasteiger partial charge in [-0.1, -0.05) is 24.3 Å². The number of aryl methyl sites for hydroxylation is 1. The van der Waals surface area contributed by atoms with Crippen LogP contribution in [0.25, 0.3) is 11.2 Å². The lowest BCUT2D eigenvalue weighted by Gasteiger charge is -2.20. The van der Waals surface area contributed by atoms with E-state index in [0.29, 0.717) is 23.4 Å². The Morgan fingerprint density at radius 1 is 1.33 bits per heavy atom. The Balaban J connectivity index is 1.46. The molecule has 0 saturated carbocycles. The maximum Gasteiger partial charge on any atom is 0.303 e. The molecule has 5 rings (SSSR count). The number of imidazole rings is 1. The number of hydrogen-bond acceptors (Lipinski definition) is 8. The van der Waals surface area contributed by atoms with E-state index in [4.69, 9.17) is 9.47 Å². The van der Waals surface area contributed by atoms with Gasteiger partial charge in [0.25, 0.3) is 0 Å². The highest BCUT2D eigenvalue weighted by molar-refractivity contribution is 5.83. The van der Waals surface area contributed by atoms with Gasteiger partial charge in [0.2, 0.25) is 0 Å². The van der Waals surface area contributed by atoms with Crippen LogP contribution >= 0.6 is 0 Å². The van der Waals surface area contributed by atoms with Gasteiger partial charge in [0.05, 0.1) is 25.1 Å². The summed E-state index contributed by atoms with van der Waals surface area (Å²) in [6.45, 7) is 1.21. The number of ether oxygens (including phenoxy) is 2. The van der Waals surface area contributed by atoms with Gasteiger partial charge in [-0.15, -0.1) is 0 Å². The molecule has 1 saturated heterocycles. The van der Waals surface area contributed by atoms with Crippen molar-refractivity contribution >= 4 is 23.0 Å². The van der Waals surface area contributed by atoms with E-state index in [0.717, 1.165) is 12.8 Å². The number of benzene rings is 1. The van der Waals surface area contributed by atoms with E-state index in [2.05, 4.69) is 38.5 Å². The number of anilines is 1. The SMILES string of the molecule is CC(=O)OC1CC(CO)OC1n1cnc2c(N[C@H]3CCc4ccccc43)ncnc21. The number of hydrogen-bond donors (Lipinski definition) is 2. The third-order valence-corrected chi connectivity index (χ3v) is 5.74. The van der Waals surface area contributed by atoms with Crippen molar-refractivity contribution < 1.29 is 19.4 Å². The van der Waals surface area contributed by atoms with E-state index in [-0.39, 0.29) is 12.6 Å². The minimum absolute atomic E-state index is 0.149. The largest absolute Gasteiger partial charge is 0.458 e. The van der Waals surface area contributed by atoms with Crippen LogP contribution in [0.5, 0.6) is 0 Å². The van der Waals surface area contributed by atoms with E-state index in [9.17, 15) is 9.90 Å². The summed E-state index contributed by atoms with van der Waals surface area (Å²) in [4.78, 5) is 24.9. The Bertz CT molecular complexity index is 1080. The number of carbonyl (C=O) groups is 1. The summed E-state index contributed by atoms with van der Waals surface area (Å²) >= 11 is 0. The maximum atomic E-state index is 11.5. The topological polar surface area (TPSA) is 111 Å². The predicted molar refractivity (Wildman–Crippen MR) is 108 cm³/mol.